The van der Waals surface area contributed by atoms with Crippen molar-refractivity contribution < 1.29 is 39.8 Å². The van der Waals surface area contributed by atoms with Gasteiger partial charge in [-0.15, -0.1) is 0 Å². The number of rotatable bonds is 58. The Kier molecular flexibility index (Phi) is 54.0. The monoisotopic (exact) mass is 1070 g/mol. The van der Waals surface area contributed by atoms with Gasteiger partial charge in [-0.05, 0) is 44.9 Å². The summed E-state index contributed by atoms with van der Waals surface area (Å²) in [6, 6.07) is -0.826. The molecule has 7 atom stereocenters. The summed E-state index contributed by atoms with van der Waals surface area (Å²) < 4.78 is 11.3. The van der Waals surface area contributed by atoms with Crippen molar-refractivity contribution >= 4 is 5.91 Å². The molecular formula is C67H127NO8. The molecule has 0 radical (unpaired) electrons. The number of nitrogens with one attached hydrogen (secondary N) is 1. The molecule has 1 rings (SSSR count). The molecular weight excluding hydrogens is 947 g/mol. The second kappa shape index (κ2) is 56.7. The van der Waals surface area contributed by atoms with E-state index >= 15 is 0 Å². The van der Waals surface area contributed by atoms with Gasteiger partial charge in [0.05, 0.1) is 25.4 Å². The van der Waals surface area contributed by atoms with Crippen LogP contribution in [0.2, 0.25) is 0 Å². The molecule has 1 amide bonds. The predicted octanol–water partition coefficient (Wildman–Crippen LogP) is 17.5. The van der Waals surface area contributed by atoms with Gasteiger partial charge in [0.2, 0.25) is 5.91 Å². The van der Waals surface area contributed by atoms with Crippen molar-refractivity contribution in [2.75, 3.05) is 13.2 Å². The molecule has 7 unspecified atom stereocenters. The summed E-state index contributed by atoms with van der Waals surface area (Å²) in [4.78, 5) is 13.1. The number of aliphatic hydroxyl groups excluding tert-OH is 5. The number of amides is 1. The lowest BCUT2D eigenvalue weighted by atomic mass is 9.99. The summed E-state index contributed by atoms with van der Waals surface area (Å²) >= 11 is 0. The molecule has 448 valence electrons. The standard InChI is InChI=1S/C67H127NO8/c1-3-5-7-9-11-13-15-17-19-21-22-23-24-25-26-27-28-29-30-31-32-33-34-35-36-37-38-39-41-43-45-47-49-51-53-55-57-63(71)68-60(59-75-67-66(74)65(73)64(72)62(58-69)76-67)61(70)56-54-52-50-48-46-44-42-40-20-18-16-14-12-10-8-6-4-2/h20,40,46,48,54,56,60-62,64-67,69-70,72-74H,3-19,21-39,41-45,47,49-53,55,57-59H2,1-2H3,(H,68,71)/b40-20+,48-46+,56-54+. The Balaban J connectivity index is 2.08. The first kappa shape index (κ1) is 72.4. The molecule has 0 aliphatic carbocycles. The molecule has 1 fully saturated rings. The normalized spacial score (nSPS) is 19.0. The van der Waals surface area contributed by atoms with Crippen molar-refractivity contribution in [3.63, 3.8) is 0 Å². The van der Waals surface area contributed by atoms with Crippen molar-refractivity contribution in [1.29, 1.82) is 0 Å². The van der Waals surface area contributed by atoms with Gasteiger partial charge in [0, 0.05) is 6.42 Å². The Bertz CT molecular complexity index is 1290. The minimum Gasteiger partial charge on any atom is -0.394 e. The highest BCUT2D eigenvalue weighted by Crippen LogP contribution is 2.23. The lowest BCUT2D eigenvalue weighted by Crippen LogP contribution is -2.60. The number of ether oxygens (including phenoxy) is 2. The highest BCUT2D eigenvalue weighted by atomic mass is 16.7. The van der Waals surface area contributed by atoms with Crippen LogP contribution in [0.1, 0.15) is 328 Å². The Labute approximate surface area is 470 Å². The van der Waals surface area contributed by atoms with Crippen molar-refractivity contribution in [3.8, 4) is 0 Å². The molecule has 9 nitrogen and oxygen atoms in total. The van der Waals surface area contributed by atoms with Gasteiger partial charge in [0.25, 0.3) is 0 Å². The molecule has 0 aromatic rings. The molecule has 0 aromatic carbocycles. The molecule has 1 saturated heterocycles. The van der Waals surface area contributed by atoms with Crippen LogP contribution >= 0.6 is 0 Å². The van der Waals surface area contributed by atoms with E-state index in [1.807, 2.05) is 6.08 Å². The van der Waals surface area contributed by atoms with E-state index in [1.54, 1.807) is 6.08 Å². The van der Waals surface area contributed by atoms with Crippen molar-refractivity contribution in [2.45, 2.75) is 371 Å². The molecule has 76 heavy (non-hydrogen) atoms. The summed E-state index contributed by atoms with van der Waals surface area (Å²) in [6.45, 7) is 3.79. The van der Waals surface area contributed by atoms with E-state index in [9.17, 15) is 30.3 Å². The molecule has 9 heteroatoms. The van der Waals surface area contributed by atoms with Crippen LogP contribution in [0, 0.1) is 0 Å². The van der Waals surface area contributed by atoms with Gasteiger partial charge in [-0.25, -0.2) is 0 Å². The van der Waals surface area contributed by atoms with Crippen molar-refractivity contribution in [3.05, 3.63) is 36.5 Å². The average Bonchev–Trinajstić information content (AvgIpc) is 3.42. The third kappa shape index (κ3) is 45.2. The van der Waals surface area contributed by atoms with E-state index in [2.05, 4.69) is 43.5 Å². The van der Waals surface area contributed by atoms with Gasteiger partial charge in [-0.1, -0.05) is 314 Å². The first-order valence-electron chi connectivity index (χ1n) is 33.2. The number of hydrogen-bond donors (Lipinski definition) is 6. The first-order valence-corrected chi connectivity index (χ1v) is 33.2. The zero-order chi connectivity index (χ0) is 55.0. The summed E-state index contributed by atoms with van der Waals surface area (Å²) in [5.41, 5.74) is 0. The SMILES string of the molecule is CCCCCCCCC/C=C/CC/C=C/CC/C=C/C(O)C(COC1OC(CO)C(O)C(O)C1O)NC(=O)CCCCCCCCCCCCCCCCCCCCCCCCCCCCCCCCCCCCCC. The molecule has 0 saturated carbocycles. The fourth-order valence-electron chi connectivity index (χ4n) is 10.7. The van der Waals surface area contributed by atoms with Gasteiger partial charge in [-0.2, -0.15) is 0 Å². The lowest BCUT2D eigenvalue weighted by molar-refractivity contribution is -0.302. The average molecular weight is 1070 g/mol. The molecule has 0 bridgehead atoms. The number of aliphatic hydroxyl groups is 5. The molecule has 0 spiro atoms. The maximum absolute atomic E-state index is 13.1. The minimum atomic E-state index is -1.57. The van der Waals surface area contributed by atoms with Gasteiger partial charge < -0.3 is 40.3 Å². The van der Waals surface area contributed by atoms with Crippen LogP contribution in [0.15, 0.2) is 36.5 Å². The van der Waals surface area contributed by atoms with Gasteiger partial charge in [-0.3, -0.25) is 4.79 Å². The summed E-state index contributed by atoms with van der Waals surface area (Å²) in [6.07, 6.45) is 68.3. The molecule has 6 N–H and O–H groups in total. The van der Waals surface area contributed by atoms with Crippen LogP contribution < -0.4 is 5.32 Å². The Morgan fingerprint density at radius 2 is 0.750 bits per heavy atom. The van der Waals surface area contributed by atoms with Gasteiger partial charge in [0.15, 0.2) is 6.29 Å². The maximum atomic E-state index is 13.1. The quantitative estimate of drug-likeness (QED) is 0.0261. The minimum absolute atomic E-state index is 0.185. The lowest BCUT2D eigenvalue weighted by Gasteiger charge is -2.40. The number of unbranched alkanes of at least 4 members (excludes halogenated alkanes) is 44. The number of hydrogen-bond acceptors (Lipinski definition) is 8. The fourth-order valence-corrected chi connectivity index (χ4v) is 10.7. The van der Waals surface area contributed by atoms with E-state index in [0.29, 0.717) is 6.42 Å². The number of carbonyl (C=O) groups is 1. The number of allylic oxidation sites excluding steroid dienone is 5. The van der Waals surface area contributed by atoms with E-state index in [1.165, 1.54) is 263 Å². The van der Waals surface area contributed by atoms with Crippen molar-refractivity contribution in [2.24, 2.45) is 0 Å². The smallest absolute Gasteiger partial charge is 0.220 e. The van der Waals surface area contributed by atoms with Crippen molar-refractivity contribution in [1.82, 2.24) is 5.32 Å². The van der Waals surface area contributed by atoms with E-state index in [0.717, 1.165) is 44.9 Å². The second-order valence-electron chi connectivity index (χ2n) is 23.3. The van der Waals surface area contributed by atoms with Crippen LogP contribution in [0.3, 0.4) is 0 Å². The van der Waals surface area contributed by atoms with E-state index in [4.69, 9.17) is 9.47 Å². The fraction of sp³-hybridized carbons (Fsp3) is 0.896. The first-order chi connectivity index (χ1) is 37.3. The zero-order valence-electron chi connectivity index (χ0n) is 50.0. The largest absolute Gasteiger partial charge is 0.394 e. The predicted molar refractivity (Wildman–Crippen MR) is 323 cm³/mol. The van der Waals surface area contributed by atoms with Gasteiger partial charge in [0.1, 0.15) is 24.4 Å². The number of carbonyl (C=O) groups excluding carboxylic acids is 1. The Morgan fingerprint density at radius 1 is 0.434 bits per heavy atom. The molecule has 0 aromatic heterocycles. The van der Waals surface area contributed by atoms with E-state index in [-0.39, 0.29) is 12.5 Å². The van der Waals surface area contributed by atoms with E-state index < -0.39 is 49.5 Å². The summed E-state index contributed by atoms with van der Waals surface area (Å²) in [7, 11) is 0. The van der Waals surface area contributed by atoms with Crippen LogP contribution in [0.4, 0.5) is 0 Å². The second-order valence-corrected chi connectivity index (χ2v) is 23.3. The van der Waals surface area contributed by atoms with Crippen LogP contribution in [0.5, 0.6) is 0 Å². The third-order valence-electron chi connectivity index (χ3n) is 15.9. The third-order valence-corrected chi connectivity index (χ3v) is 15.9. The topological polar surface area (TPSA) is 149 Å². The summed E-state index contributed by atoms with van der Waals surface area (Å²) in [5.74, 6) is -0.185. The highest BCUT2D eigenvalue weighted by Gasteiger charge is 2.44. The molecule has 1 aliphatic rings. The van der Waals surface area contributed by atoms with Crippen LogP contribution in [0.25, 0.3) is 0 Å². The Hall–Kier alpha value is -1.59. The molecule has 1 heterocycles. The Morgan fingerprint density at radius 3 is 1.11 bits per heavy atom. The maximum Gasteiger partial charge on any atom is 0.220 e. The molecule has 1 aliphatic heterocycles. The van der Waals surface area contributed by atoms with Gasteiger partial charge >= 0.3 is 0 Å². The zero-order valence-corrected chi connectivity index (χ0v) is 50.0. The highest BCUT2D eigenvalue weighted by molar-refractivity contribution is 5.76. The van der Waals surface area contributed by atoms with Crippen LogP contribution in [-0.4, -0.2) is 87.5 Å². The van der Waals surface area contributed by atoms with Crippen LogP contribution in [-0.2, 0) is 14.3 Å². The summed E-state index contributed by atoms with van der Waals surface area (Å²) in [5, 5.41) is 54.5.